The minimum Gasteiger partial charge on any atom is -0.462 e. The first-order chi connectivity index (χ1) is 9.78. The molecule has 0 N–H and O–H groups in total. The van der Waals surface area contributed by atoms with E-state index in [1.54, 1.807) is 25.1 Å². The molecule has 3 aromatic rings. The molecular formula is C17H14O3. The van der Waals surface area contributed by atoms with Crippen molar-refractivity contribution < 1.29 is 13.9 Å². The Kier molecular flexibility index (Phi) is 3.25. The molecular weight excluding hydrogens is 252 g/mol. The summed E-state index contributed by atoms with van der Waals surface area (Å²) in [5.74, 6) is 0.485. The second-order valence-corrected chi connectivity index (χ2v) is 4.45. The highest BCUT2D eigenvalue weighted by Crippen LogP contribution is 2.28. The van der Waals surface area contributed by atoms with Gasteiger partial charge in [-0.15, -0.1) is 0 Å². The molecule has 1 aromatic heterocycles. The number of furan rings is 1. The van der Waals surface area contributed by atoms with Crippen LogP contribution in [0.15, 0.2) is 59.0 Å². The molecule has 0 aliphatic carbocycles. The summed E-state index contributed by atoms with van der Waals surface area (Å²) in [7, 11) is 0. The third-order valence-corrected chi connectivity index (χ3v) is 3.09. The molecule has 3 nitrogen and oxygen atoms in total. The van der Waals surface area contributed by atoms with Crippen molar-refractivity contribution >= 4 is 16.9 Å². The zero-order chi connectivity index (χ0) is 13.9. The molecule has 0 aliphatic heterocycles. The predicted molar refractivity (Wildman–Crippen MR) is 77.6 cm³/mol. The lowest BCUT2D eigenvalue weighted by Crippen LogP contribution is -2.03. The second kappa shape index (κ2) is 5.21. The third kappa shape index (κ3) is 2.30. The molecule has 0 fully saturated rings. The summed E-state index contributed by atoms with van der Waals surface area (Å²) in [6, 6.07) is 17.1. The van der Waals surface area contributed by atoms with Crippen LogP contribution in [0.5, 0.6) is 0 Å². The van der Waals surface area contributed by atoms with Crippen LogP contribution < -0.4 is 0 Å². The van der Waals surface area contributed by atoms with Gasteiger partial charge in [-0.3, -0.25) is 0 Å². The van der Waals surface area contributed by atoms with Gasteiger partial charge in [-0.1, -0.05) is 30.3 Å². The summed E-state index contributed by atoms with van der Waals surface area (Å²) in [6.07, 6.45) is 0. The first-order valence-electron chi connectivity index (χ1n) is 6.54. The zero-order valence-corrected chi connectivity index (χ0v) is 11.1. The second-order valence-electron chi connectivity index (χ2n) is 4.45. The highest BCUT2D eigenvalue weighted by atomic mass is 16.5. The molecule has 3 heteroatoms. The van der Waals surface area contributed by atoms with Crippen LogP contribution in [0.1, 0.15) is 17.3 Å². The third-order valence-electron chi connectivity index (χ3n) is 3.09. The summed E-state index contributed by atoms with van der Waals surface area (Å²) in [5.41, 5.74) is 2.32. The molecule has 0 unspecified atom stereocenters. The van der Waals surface area contributed by atoms with Gasteiger partial charge in [0.15, 0.2) is 0 Å². The van der Waals surface area contributed by atoms with Crippen LogP contribution >= 0.6 is 0 Å². The van der Waals surface area contributed by atoms with Crippen LogP contribution in [0.3, 0.4) is 0 Å². The van der Waals surface area contributed by atoms with Crippen LogP contribution in [-0.4, -0.2) is 12.6 Å². The molecule has 0 atom stereocenters. The van der Waals surface area contributed by atoms with Crippen molar-refractivity contribution in [1.82, 2.24) is 0 Å². The molecule has 3 rings (SSSR count). The molecule has 0 aliphatic rings. The minimum absolute atomic E-state index is 0.308. The number of carbonyl (C=O) groups is 1. The SMILES string of the molecule is CCOC(=O)c1ccc2oc(-c3ccccc3)cc2c1. The van der Waals surface area contributed by atoms with Crippen LogP contribution in [0.25, 0.3) is 22.3 Å². The average Bonchev–Trinajstić information content (AvgIpc) is 2.91. The Bertz CT molecular complexity index is 741. The van der Waals surface area contributed by atoms with Crippen molar-refractivity contribution in [2.75, 3.05) is 6.61 Å². The van der Waals surface area contributed by atoms with Crippen molar-refractivity contribution in [2.24, 2.45) is 0 Å². The molecule has 0 spiro atoms. The Hall–Kier alpha value is -2.55. The number of esters is 1. The first-order valence-corrected chi connectivity index (χ1v) is 6.54. The molecule has 0 radical (unpaired) electrons. The summed E-state index contributed by atoms with van der Waals surface area (Å²) in [6.45, 7) is 2.17. The summed E-state index contributed by atoms with van der Waals surface area (Å²) in [5, 5.41) is 0.898. The molecule has 0 amide bonds. The van der Waals surface area contributed by atoms with Crippen LogP contribution in [-0.2, 0) is 4.74 Å². The lowest BCUT2D eigenvalue weighted by Gasteiger charge is -2.00. The smallest absolute Gasteiger partial charge is 0.338 e. The van der Waals surface area contributed by atoms with Crippen molar-refractivity contribution in [1.29, 1.82) is 0 Å². The van der Waals surface area contributed by atoms with E-state index in [1.807, 2.05) is 36.4 Å². The molecule has 1 heterocycles. The van der Waals surface area contributed by atoms with Crippen LogP contribution in [0.2, 0.25) is 0 Å². The van der Waals surface area contributed by atoms with Gasteiger partial charge in [0.25, 0.3) is 0 Å². The molecule has 0 bridgehead atoms. The molecule has 0 saturated carbocycles. The van der Waals surface area contributed by atoms with Crippen molar-refractivity contribution in [3.63, 3.8) is 0 Å². The number of hydrogen-bond acceptors (Lipinski definition) is 3. The maximum Gasteiger partial charge on any atom is 0.338 e. The lowest BCUT2D eigenvalue weighted by atomic mass is 10.1. The Balaban J connectivity index is 2.02. The van der Waals surface area contributed by atoms with E-state index in [1.165, 1.54) is 0 Å². The van der Waals surface area contributed by atoms with Gasteiger partial charge in [0, 0.05) is 10.9 Å². The van der Waals surface area contributed by atoms with Crippen molar-refractivity contribution in [3.8, 4) is 11.3 Å². The molecule has 100 valence electrons. The van der Waals surface area contributed by atoms with E-state index in [0.29, 0.717) is 12.2 Å². The number of fused-ring (bicyclic) bond motifs is 1. The van der Waals surface area contributed by atoms with E-state index in [4.69, 9.17) is 9.15 Å². The highest BCUT2D eigenvalue weighted by molar-refractivity contribution is 5.95. The number of ether oxygens (including phenoxy) is 1. The van der Waals surface area contributed by atoms with Crippen molar-refractivity contribution in [3.05, 3.63) is 60.2 Å². The van der Waals surface area contributed by atoms with Gasteiger partial charge in [-0.05, 0) is 31.2 Å². The molecule has 20 heavy (non-hydrogen) atoms. The standard InChI is InChI=1S/C17H14O3/c1-2-19-17(18)13-8-9-15-14(10-13)11-16(20-15)12-6-4-3-5-7-12/h3-11H,2H2,1H3. The predicted octanol–water partition coefficient (Wildman–Crippen LogP) is 4.28. The van der Waals surface area contributed by atoms with E-state index in [0.717, 1.165) is 22.3 Å². The maximum atomic E-state index is 11.7. The lowest BCUT2D eigenvalue weighted by molar-refractivity contribution is 0.0526. The quantitative estimate of drug-likeness (QED) is 0.664. The fraction of sp³-hybridized carbons (Fsp3) is 0.118. The van der Waals surface area contributed by atoms with Crippen molar-refractivity contribution in [2.45, 2.75) is 6.92 Å². The van der Waals surface area contributed by atoms with E-state index in [2.05, 4.69) is 0 Å². The topological polar surface area (TPSA) is 39.4 Å². The maximum absolute atomic E-state index is 11.7. The van der Waals surface area contributed by atoms with Gasteiger partial charge in [-0.2, -0.15) is 0 Å². The van der Waals surface area contributed by atoms with Gasteiger partial charge in [-0.25, -0.2) is 4.79 Å². The van der Waals surface area contributed by atoms with Gasteiger partial charge in [0.2, 0.25) is 0 Å². The fourth-order valence-corrected chi connectivity index (χ4v) is 2.13. The largest absolute Gasteiger partial charge is 0.462 e. The van der Waals surface area contributed by atoms with E-state index in [9.17, 15) is 4.79 Å². The van der Waals surface area contributed by atoms with Gasteiger partial charge in [0.1, 0.15) is 11.3 Å². The monoisotopic (exact) mass is 266 g/mol. The van der Waals surface area contributed by atoms with Gasteiger partial charge in [0.05, 0.1) is 12.2 Å². The summed E-state index contributed by atoms with van der Waals surface area (Å²) >= 11 is 0. The molecule has 0 saturated heterocycles. The number of hydrogen-bond donors (Lipinski definition) is 0. The van der Waals surface area contributed by atoms with Crippen LogP contribution in [0.4, 0.5) is 0 Å². The zero-order valence-electron chi connectivity index (χ0n) is 11.1. The van der Waals surface area contributed by atoms with E-state index < -0.39 is 0 Å². The Morgan fingerprint density at radius 2 is 1.90 bits per heavy atom. The highest BCUT2D eigenvalue weighted by Gasteiger charge is 2.10. The molecule has 2 aromatic carbocycles. The van der Waals surface area contributed by atoms with Crippen LogP contribution in [0, 0.1) is 0 Å². The fourth-order valence-electron chi connectivity index (χ4n) is 2.13. The summed E-state index contributed by atoms with van der Waals surface area (Å²) < 4.78 is 10.8. The van der Waals surface area contributed by atoms with E-state index >= 15 is 0 Å². The number of carbonyl (C=O) groups excluding carboxylic acids is 1. The van der Waals surface area contributed by atoms with Gasteiger partial charge < -0.3 is 9.15 Å². The average molecular weight is 266 g/mol. The number of benzene rings is 2. The summed E-state index contributed by atoms with van der Waals surface area (Å²) in [4.78, 5) is 11.7. The van der Waals surface area contributed by atoms with E-state index in [-0.39, 0.29) is 5.97 Å². The Labute approximate surface area is 116 Å². The van der Waals surface area contributed by atoms with Gasteiger partial charge >= 0.3 is 5.97 Å². The Morgan fingerprint density at radius 1 is 1.10 bits per heavy atom. The number of rotatable bonds is 3. The Morgan fingerprint density at radius 3 is 2.65 bits per heavy atom. The minimum atomic E-state index is -0.308. The normalized spacial score (nSPS) is 10.7. The first kappa shape index (κ1) is 12.5.